The molecule has 0 aromatic heterocycles. The Balaban J connectivity index is 1.79. The fraction of sp³-hybridized carbons (Fsp3) is 0.500. The summed E-state index contributed by atoms with van der Waals surface area (Å²) in [4.78, 5) is 0.606. The first-order valence-electron chi connectivity index (χ1n) is 11.0. The molecule has 0 amide bonds. The highest BCUT2D eigenvalue weighted by molar-refractivity contribution is 7.89. The molecule has 0 saturated carbocycles. The van der Waals surface area contributed by atoms with Crippen molar-refractivity contribution in [1.29, 1.82) is 0 Å². The Morgan fingerprint density at radius 3 is 1.62 bits per heavy atom. The molecule has 176 valence electrons. The second kappa shape index (κ2) is 9.25. The highest BCUT2D eigenvalue weighted by Crippen LogP contribution is 2.30. The van der Waals surface area contributed by atoms with Crippen LogP contribution in [0.1, 0.15) is 41.7 Å². The summed E-state index contributed by atoms with van der Waals surface area (Å²) in [5.74, 6) is 0.497. The van der Waals surface area contributed by atoms with E-state index in [0.717, 1.165) is 34.2 Å². The second-order valence-corrected chi connectivity index (χ2v) is 13.0. The van der Waals surface area contributed by atoms with E-state index in [9.17, 15) is 16.8 Å². The standard InChI is InChI=1S/C24H34N2O4S2/c1-17(2)15-22-7-9-23(10-8-22)31(27,28)25-11-13-26(14-12-25)32(29,30)24-20(5)18(3)16-19(4)21(24)6/h7-10,16-17H,11-15H2,1-6H3. The van der Waals surface area contributed by atoms with Gasteiger partial charge in [0, 0.05) is 26.2 Å². The highest BCUT2D eigenvalue weighted by Gasteiger charge is 2.35. The van der Waals surface area contributed by atoms with Crippen LogP contribution >= 0.6 is 0 Å². The minimum absolute atomic E-state index is 0.137. The zero-order valence-corrected chi connectivity index (χ0v) is 21.5. The van der Waals surface area contributed by atoms with Crippen molar-refractivity contribution in [2.45, 2.75) is 57.8 Å². The number of nitrogens with zero attached hydrogens (tertiary/aromatic N) is 2. The molecule has 0 unspecified atom stereocenters. The Morgan fingerprint density at radius 2 is 1.19 bits per heavy atom. The first kappa shape index (κ1) is 24.9. The van der Waals surface area contributed by atoms with Crippen LogP contribution in [-0.2, 0) is 26.5 Å². The Labute approximate surface area is 193 Å². The SMILES string of the molecule is Cc1cc(C)c(C)c(S(=O)(=O)N2CCN(S(=O)(=O)c3ccc(CC(C)C)cc3)CC2)c1C. The van der Waals surface area contributed by atoms with Gasteiger partial charge in [-0.1, -0.05) is 32.0 Å². The number of benzene rings is 2. The molecule has 6 nitrogen and oxygen atoms in total. The van der Waals surface area contributed by atoms with Gasteiger partial charge in [0.05, 0.1) is 9.79 Å². The van der Waals surface area contributed by atoms with Gasteiger partial charge in [-0.25, -0.2) is 16.8 Å². The van der Waals surface area contributed by atoms with Gasteiger partial charge in [0.1, 0.15) is 0 Å². The van der Waals surface area contributed by atoms with E-state index in [2.05, 4.69) is 13.8 Å². The monoisotopic (exact) mass is 478 g/mol. The summed E-state index contributed by atoms with van der Waals surface area (Å²) < 4.78 is 55.9. The maximum Gasteiger partial charge on any atom is 0.243 e. The Morgan fingerprint density at radius 1 is 0.750 bits per heavy atom. The molecule has 1 saturated heterocycles. The van der Waals surface area contributed by atoms with Gasteiger partial charge in [0.2, 0.25) is 20.0 Å². The van der Waals surface area contributed by atoms with Crippen molar-refractivity contribution in [2.75, 3.05) is 26.2 Å². The molecule has 32 heavy (non-hydrogen) atoms. The first-order valence-corrected chi connectivity index (χ1v) is 13.9. The average molecular weight is 479 g/mol. The van der Waals surface area contributed by atoms with E-state index in [0.29, 0.717) is 10.8 Å². The quantitative estimate of drug-likeness (QED) is 0.633. The third-order valence-electron chi connectivity index (χ3n) is 6.30. The molecule has 2 aromatic carbocycles. The third-order valence-corrected chi connectivity index (χ3v) is 10.4. The molecule has 1 aliphatic heterocycles. The highest BCUT2D eigenvalue weighted by atomic mass is 32.2. The number of sulfonamides is 2. The van der Waals surface area contributed by atoms with Crippen LogP contribution < -0.4 is 0 Å². The van der Waals surface area contributed by atoms with E-state index in [1.54, 1.807) is 12.1 Å². The van der Waals surface area contributed by atoms with E-state index in [1.165, 1.54) is 8.61 Å². The third kappa shape index (κ3) is 4.78. The van der Waals surface area contributed by atoms with Crippen LogP contribution in [0.5, 0.6) is 0 Å². The summed E-state index contributed by atoms with van der Waals surface area (Å²) in [5.41, 5.74) is 4.49. The van der Waals surface area contributed by atoms with Crippen molar-refractivity contribution >= 4 is 20.0 Å². The molecular weight excluding hydrogens is 444 g/mol. The molecule has 1 heterocycles. The van der Waals surface area contributed by atoms with Crippen molar-refractivity contribution in [2.24, 2.45) is 5.92 Å². The van der Waals surface area contributed by atoms with Crippen LogP contribution in [0.2, 0.25) is 0 Å². The summed E-state index contributed by atoms with van der Waals surface area (Å²) in [6, 6.07) is 9.02. The van der Waals surface area contributed by atoms with Crippen LogP contribution in [0, 0.1) is 33.6 Å². The maximum absolute atomic E-state index is 13.4. The first-order chi connectivity index (χ1) is 14.9. The van der Waals surface area contributed by atoms with Crippen LogP contribution in [-0.4, -0.2) is 51.6 Å². The summed E-state index contributed by atoms with van der Waals surface area (Å²) in [6.45, 7) is 12.3. The van der Waals surface area contributed by atoms with Crippen LogP contribution in [0.4, 0.5) is 0 Å². The summed E-state index contributed by atoms with van der Waals surface area (Å²) >= 11 is 0. The normalized spacial score (nSPS) is 16.6. The molecule has 1 aliphatic rings. The molecule has 0 spiro atoms. The van der Waals surface area contributed by atoms with Gasteiger partial charge < -0.3 is 0 Å². The Kier molecular flexibility index (Phi) is 7.20. The molecule has 0 N–H and O–H groups in total. The largest absolute Gasteiger partial charge is 0.243 e. The maximum atomic E-state index is 13.4. The van der Waals surface area contributed by atoms with E-state index in [1.807, 2.05) is 45.9 Å². The van der Waals surface area contributed by atoms with E-state index in [4.69, 9.17) is 0 Å². The minimum Gasteiger partial charge on any atom is -0.207 e. The van der Waals surface area contributed by atoms with Gasteiger partial charge in [-0.05, 0) is 80.0 Å². The lowest BCUT2D eigenvalue weighted by atomic mass is 10.0. The molecular formula is C24H34N2O4S2. The molecule has 0 bridgehead atoms. The van der Waals surface area contributed by atoms with Crippen molar-refractivity contribution in [1.82, 2.24) is 8.61 Å². The van der Waals surface area contributed by atoms with E-state index < -0.39 is 20.0 Å². The summed E-state index contributed by atoms with van der Waals surface area (Å²) in [5, 5.41) is 0. The van der Waals surface area contributed by atoms with Crippen molar-refractivity contribution in [3.05, 3.63) is 58.1 Å². The van der Waals surface area contributed by atoms with Gasteiger partial charge >= 0.3 is 0 Å². The van der Waals surface area contributed by atoms with Crippen molar-refractivity contribution in [3.63, 3.8) is 0 Å². The van der Waals surface area contributed by atoms with Gasteiger partial charge in [0.25, 0.3) is 0 Å². The molecule has 0 radical (unpaired) electrons. The Bertz CT molecular complexity index is 1170. The van der Waals surface area contributed by atoms with Gasteiger partial charge in [-0.3, -0.25) is 0 Å². The molecule has 3 rings (SSSR count). The molecule has 1 fully saturated rings. The molecule has 0 atom stereocenters. The van der Waals surface area contributed by atoms with Gasteiger partial charge in [-0.15, -0.1) is 0 Å². The lowest BCUT2D eigenvalue weighted by Crippen LogP contribution is -2.50. The van der Waals surface area contributed by atoms with Crippen LogP contribution in [0.25, 0.3) is 0 Å². The van der Waals surface area contributed by atoms with Crippen molar-refractivity contribution < 1.29 is 16.8 Å². The number of aryl methyl sites for hydroxylation is 2. The molecule has 0 aliphatic carbocycles. The topological polar surface area (TPSA) is 74.8 Å². The average Bonchev–Trinajstić information content (AvgIpc) is 2.72. The lowest BCUT2D eigenvalue weighted by molar-refractivity contribution is 0.272. The lowest BCUT2D eigenvalue weighted by Gasteiger charge is -2.34. The van der Waals surface area contributed by atoms with E-state index in [-0.39, 0.29) is 31.1 Å². The zero-order chi connectivity index (χ0) is 23.8. The van der Waals surface area contributed by atoms with Gasteiger partial charge in [0.15, 0.2) is 0 Å². The summed E-state index contributed by atoms with van der Waals surface area (Å²) in [7, 11) is -7.37. The molecule has 8 heteroatoms. The van der Waals surface area contributed by atoms with Crippen LogP contribution in [0.3, 0.4) is 0 Å². The molecule has 2 aromatic rings. The van der Waals surface area contributed by atoms with Gasteiger partial charge in [-0.2, -0.15) is 8.61 Å². The van der Waals surface area contributed by atoms with Crippen molar-refractivity contribution in [3.8, 4) is 0 Å². The number of hydrogen-bond donors (Lipinski definition) is 0. The number of rotatable bonds is 6. The predicted molar refractivity (Wildman–Crippen MR) is 128 cm³/mol. The smallest absolute Gasteiger partial charge is 0.207 e. The van der Waals surface area contributed by atoms with Crippen LogP contribution in [0.15, 0.2) is 40.1 Å². The fourth-order valence-corrected chi connectivity index (χ4v) is 7.69. The number of hydrogen-bond acceptors (Lipinski definition) is 4. The second-order valence-electron chi connectivity index (χ2n) is 9.14. The Hall–Kier alpha value is -1.74. The predicted octanol–water partition coefficient (Wildman–Crippen LogP) is 3.81. The minimum atomic E-state index is -3.71. The summed E-state index contributed by atoms with van der Waals surface area (Å²) in [6.07, 6.45) is 0.897. The zero-order valence-electron chi connectivity index (χ0n) is 19.8. The van der Waals surface area contributed by atoms with E-state index >= 15 is 0 Å². The number of piperazine rings is 1. The fourth-order valence-electron chi connectivity index (χ4n) is 4.27.